The van der Waals surface area contributed by atoms with Gasteiger partial charge in [-0.2, -0.15) is 0 Å². The van der Waals surface area contributed by atoms with Gasteiger partial charge in [0.05, 0.1) is 38.8 Å². The SMILES string of the molecule is CC(C)OCCOCc1ccc(O/C=C/CO)cc1. The predicted molar refractivity (Wildman–Crippen MR) is 74.0 cm³/mol. The first-order valence-electron chi connectivity index (χ1n) is 6.43. The minimum absolute atomic E-state index is 0.0234. The van der Waals surface area contributed by atoms with E-state index in [0.29, 0.717) is 19.8 Å². The van der Waals surface area contributed by atoms with Crippen LogP contribution in [0.15, 0.2) is 36.6 Å². The second-order valence-electron chi connectivity index (χ2n) is 4.29. The lowest BCUT2D eigenvalue weighted by Crippen LogP contribution is -2.09. The van der Waals surface area contributed by atoms with E-state index in [0.717, 1.165) is 11.3 Å². The average Bonchev–Trinajstić information content (AvgIpc) is 2.40. The Bertz CT molecular complexity index is 357. The fraction of sp³-hybridized carbons (Fsp3) is 0.467. The highest BCUT2D eigenvalue weighted by Gasteiger charge is 1.96. The van der Waals surface area contributed by atoms with Gasteiger partial charge in [0.1, 0.15) is 5.75 Å². The van der Waals surface area contributed by atoms with Crippen molar-refractivity contribution in [3.63, 3.8) is 0 Å². The van der Waals surface area contributed by atoms with Gasteiger partial charge in [-0.1, -0.05) is 12.1 Å². The number of benzene rings is 1. The van der Waals surface area contributed by atoms with Crippen LogP contribution in [0.25, 0.3) is 0 Å². The van der Waals surface area contributed by atoms with Crippen molar-refractivity contribution >= 4 is 0 Å². The molecule has 4 heteroatoms. The summed E-state index contributed by atoms with van der Waals surface area (Å²) >= 11 is 0. The van der Waals surface area contributed by atoms with E-state index in [-0.39, 0.29) is 12.7 Å². The summed E-state index contributed by atoms with van der Waals surface area (Å²) in [6.45, 7) is 5.76. The van der Waals surface area contributed by atoms with E-state index in [2.05, 4.69) is 0 Å². The Balaban J connectivity index is 2.22. The maximum atomic E-state index is 8.57. The summed E-state index contributed by atoms with van der Waals surface area (Å²) in [4.78, 5) is 0. The number of aliphatic hydroxyl groups is 1. The first-order valence-corrected chi connectivity index (χ1v) is 6.43. The quantitative estimate of drug-likeness (QED) is 0.551. The van der Waals surface area contributed by atoms with E-state index < -0.39 is 0 Å². The molecule has 0 aromatic heterocycles. The van der Waals surface area contributed by atoms with Crippen molar-refractivity contribution < 1.29 is 19.3 Å². The number of rotatable bonds is 9. The summed E-state index contributed by atoms with van der Waals surface area (Å²) < 4.78 is 16.1. The topological polar surface area (TPSA) is 47.9 Å². The molecule has 0 fully saturated rings. The lowest BCUT2D eigenvalue weighted by atomic mass is 10.2. The molecule has 0 heterocycles. The monoisotopic (exact) mass is 266 g/mol. The molecule has 106 valence electrons. The van der Waals surface area contributed by atoms with Crippen molar-refractivity contribution in [2.75, 3.05) is 19.8 Å². The molecule has 0 radical (unpaired) electrons. The van der Waals surface area contributed by atoms with Gasteiger partial charge in [0.25, 0.3) is 0 Å². The molecule has 1 aromatic rings. The molecule has 0 aliphatic heterocycles. The molecule has 1 aromatic carbocycles. The van der Waals surface area contributed by atoms with Gasteiger partial charge in [0.2, 0.25) is 0 Å². The maximum Gasteiger partial charge on any atom is 0.126 e. The van der Waals surface area contributed by atoms with E-state index in [1.54, 1.807) is 0 Å². The lowest BCUT2D eigenvalue weighted by Gasteiger charge is -2.08. The molecule has 4 nitrogen and oxygen atoms in total. The minimum atomic E-state index is -0.0234. The van der Waals surface area contributed by atoms with E-state index in [1.807, 2.05) is 38.1 Å². The molecule has 0 aliphatic carbocycles. The summed E-state index contributed by atoms with van der Waals surface area (Å²) in [6, 6.07) is 7.63. The molecule has 1 N–H and O–H groups in total. The third kappa shape index (κ3) is 7.62. The molecule has 0 atom stereocenters. The van der Waals surface area contributed by atoms with Crippen LogP contribution < -0.4 is 4.74 Å². The molecule has 0 amide bonds. The Labute approximate surface area is 114 Å². The van der Waals surface area contributed by atoms with Crippen LogP contribution >= 0.6 is 0 Å². The molecule has 0 saturated heterocycles. The third-order valence-electron chi connectivity index (χ3n) is 2.28. The Morgan fingerprint density at radius 1 is 1.16 bits per heavy atom. The van der Waals surface area contributed by atoms with Crippen LogP contribution in [0, 0.1) is 0 Å². The smallest absolute Gasteiger partial charge is 0.126 e. The second kappa shape index (κ2) is 9.55. The first kappa shape index (κ1) is 15.7. The molecule has 0 bridgehead atoms. The number of ether oxygens (including phenoxy) is 3. The molecule has 19 heavy (non-hydrogen) atoms. The van der Waals surface area contributed by atoms with Crippen LogP contribution in [0.4, 0.5) is 0 Å². The van der Waals surface area contributed by atoms with Gasteiger partial charge in [-0.25, -0.2) is 0 Å². The number of hydrogen-bond donors (Lipinski definition) is 1. The van der Waals surface area contributed by atoms with Crippen LogP contribution in [0.5, 0.6) is 5.75 Å². The van der Waals surface area contributed by atoms with Crippen LogP contribution in [-0.2, 0) is 16.1 Å². The Morgan fingerprint density at radius 2 is 1.89 bits per heavy atom. The third-order valence-corrected chi connectivity index (χ3v) is 2.28. The summed E-state index contributed by atoms with van der Waals surface area (Å²) in [7, 11) is 0. The zero-order valence-corrected chi connectivity index (χ0v) is 11.5. The lowest BCUT2D eigenvalue weighted by molar-refractivity contribution is 0.0143. The van der Waals surface area contributed by atoms with Gasteiger partial charge in [-0.15, -0.1) is 0 Å². The average molecular weight is 266 g/mol. The number of aliphatic hydroxyl groups excluding tert-OH is 1. The Morgan fingerprint density at radius 3 is 2.53 bits per heavy atom. The highest BCUT2D eigenvalue weighted by Crippen LogP contribution is 2.13. The summed E-state index contributed by atoms with van der Waals surface area (Å²) in [5, 5.41) is 8.57. The molecule has 0 unspecified atom stereocenters. The molecular formula is C15H22O4. The zero-order valence-electron chi connectivity index (χ0n) is 11.5. The molecule has 0 aliphatic rings. The van der Waals surface area contributed by atoms with Crippen LogP contribution in [0.2, 0.25) is 0 Å². The fourth-order valence-corrected chi connectivity index (χ4v) is 1.37. The van der Waals surface area contributed by atoms with E-state index >= 15 is 0 Å². The standard InChI is InChI=1S/C15H22O4/c1-13(2)18-11-10-17-12-14-4-6-15(7-5-14)19-9-3-8-16/h3-7,9,13,16H,8,10-12H2,1-2H3/b9-3+. The number of hydrogen-bond acceptors (Lipinski definition) is 4. The second-order valence-corrected chi connectivity index (χ2v) is 4.29. The van der Waals surface area contributed by atoms with Crippen molar-refractivity contribution in [3.8, 4) is 5.75 Å². The molecule has 1 rings (SSSR count). The van der Waals surface area contributed by atoms with Gasteiger partial charge < -0.3 is 19.3 Å². The maximum absolute atomic E-state index is 8.57. The van der Waals surface area contributed by atoms with Crippen molar-refractivity contribution in [1.29, 1.82) is 0 Å². The fourth-order valence-electron chi connectivity index (χ4n) is 1.37. The minimum Gasteiger partial charge on any atom is -0.465 e. The van der Waals surface area contributed by atoms with Gasteiger partial charge in [-0.3, -0.25) is 0 Å². The largest absolute Gasteiger partial charge is 0.465 e. The predicted octanol–water partition coefficient (Wildman–Crippen LogP) is 2.51. The Hall–Kier alpha value is -1.36. The molecule has 0 saturated carbocycles. The van der Waals surface area contributed by atoms with Gasteiger partial charge >= 0.3 is 0 Å². The van der Waals surface area contributed by atoms with Crippen LogP contribution in [0.3, 0.4) is 0 Å². The highest BCUT2D eigenvalue weighted by molar-refractivity contribution is 5.27. The summed E-state index contributed by atoms with van der Waals surface area (Å²) in [5.41, 5.74) is 1.09. The summed E-state index contributed by atoms with van der Waals surface area (Å²) in [5.74, 6) is 0.733. The van der Waals surface area contributed by atoms with E-state index in [1.165, 1.54) is 12.3 Å². The Kier molecular flexibility index (Phi) is 7.89. The highest BCUT2D eigenvalue weighted by atomic mass is 16.5. The van der Waals surface area contributed by atoms with E-state index in [4.69, 9.17) is 19.3 Å². The normalized spacial score (nSPS) is 11.4. The van der Waals surface area contributed by atoms with Crippen LogP contribution in [0.1, 0.15) is 19.4 Å². The first-order chi connectivity index (χ1) is 9.22. The van der Waals surface area contributed by atoms with Crippen molar-refractivity contribution in [2.24, 2.45) is 0 Å². The van der Waals surface area contributed by atoms with Gasteiger partial charge in [-0.05, 0) is 37.6 Å². The van der Waals surface area contributed by atoms with Crippen molar-refractivity contribution in [1.82, 2.24) is 0 Å². The van der Waals surface area contributed by atoms with Crippen LogP contribution in [-0.4, -0.2) is 31.0 Å². The van der Waals surface area contributed by atoms with Gasteiger partial charge in [0.15, 0.2) is 0 Å². The summed E-state index contributed by atoms with van der Waals surface area (Å²) in [6.07, 6.45) is 3.24. The molecular weight excluding hydrogens is 244 g/mol. The zero-order chi connectivity index (χ0) is 13.9. The van der Waals surface area contributed by atoms with Crippen molar-refractivity contribution in [2.45, 2.75) is 26.6 Å². The van der Waals surface area contributed by atoms with Gasteiger partial charge in [0, 0.05) is 0 Å². The van der Waals surface area contributed by atoms with Crippen molar-refractivity contribution in [3.05, 3.63) is 42.2 Å². The van der Waals surface area contributed by atoms with E-state index in [9.17, 15) is 0 Å². The molecule has 0 spiro atoms.